The molecule has 70 heavy (non-hydrogen) atoms. The largest absolute Gasteiger partial charge is 0.489 e. The van der Waals surface area contributed by atoms with Crippen LogP contribution in [0.4, 0.5) is 5.95 Å². The van der Waals surface area contributed by atoms with Gasteiger partial charge in [0.2, 0.25) is 11.9 Å². The number of carbonyl (C=O) groups is 2. The number of ether oxygens (including phenoxy) is 1. The van der Waals surface area contributed by atoms with Crippen LogP contribution in [0.1, 0.15) is 101 Å². The highest BCUT2D eigenvalue weighted by atomic mass is 35.5. The first kappa shape index (κ1) is 47.3. The van der Waals surface area contributed by atoms with Gasteiger partial charge in [-0.15, -0.1) is 0 Å². The number of hydrogen-bond acceptors (Lipinski definition) is 11. The Morgan fingerprint density at radius 2 is 1.69 bits per heavy atom. The van der Waals surface area contributed by atoms with Crippen LogP contribution in [-0.4, -0.2) is 108 Å². The molecule has 7 heterocycles. The van der Waals surface area contributed by atoms with Crippen molar-refractivity contribution in [2.75, 3.05) is 44.2 Å². The van der Waals surface area contributed by atoms with Gasteiger partial charge in [0.1, 0.15) is 17.9 Å². The number of hydrogen-bond donors (Lipinski definition) is 1. The molecular formula is C54H63ClN12O3. The molecule has 2 aromatic carbocycles. The Morgan fingerprint density at radius 1 is 0.929 bits per heavy atom. The minimum atomic E-state index is -0.388. The molecule has 10 rings (SSSR count). The number of pyridine rings is 1. The Bertz CT molecular complexity index is 3000. The van der Waals surface area contributed by atoms with E-state index in [1.165, 1.54) is 5.69 Å². The smallest absolute Gasteiger partial charge is 0.254 e. The number of nitrogens with one attached hydrogen (secondary N) is 1. The van der Waals surface area contributed by atoms with Gasteiger partial charge in [0.05, 0.1) is 39.8 Å². The number of amides is 2. The third-order valence-corrected chi connectivity index (χ3v) is 16.3. The minimum Gasteiger partial charge on any atom is -0.489 e. The molecule has 1 aliphatic carbocycles. The van der Waals surface area contributed by atoms with Crippen LogP contribution < -0.4 is 15.0 Å². The van der Waals surface area contributed by atoms with Crippen molar-refractivity contribution in [1.82, 2.24) is 49.6 Å². The van der Waals surface area contributed by atoms with Gasteiger partial charge in [-0.3, -0.25) is 23.9 Å². The van der Waals surface area contributed by atoms with Gasteiger partial charge in [-0.2, -0.15) is 15.5 Å². The van der Waals surface area contributed by atoms with E-state index in [0.717, 1.165) is 97.3 Å². The number of benzene rings is 2. The van der Waals surface area contributed by atoms with Crippen molar-refractivity contribution in [1.29, 1.82) is 5.26 Å². The van der Waals surface area contributed by atoms with E-state index in [2.05, 4.69) is 96.8 Å². The summed E-state index contributed by atoms with van der Waals surface area (Å²) in [6.45, 7) is 20.7. The summed E-state index contributed by atoms with van der Waals surface area (Å²) in [7, 11) is 1.91. The first-order valence-electron chi connectivity index (χ1n) is 24.6. The zero-order valence-corrected chi connectivity index (χ0v) is 42.3. The summed E-state index contributed by atoms with van der Waals surface area (Å²) in [4.78, 5) is 47.5. The summed E-state index contributed by atoms with van der Waals surface area (Å²) < 4.78 is 10.5. The third kappa shape index (κ3) is 8.67. The predicted octanol–water partition coefficient (Wildman–Crippen LogP) is 8.52. The van der Waals surface area contributed by atoms with E-state index in [-0.39, 0.29) is 46.2 Å². The van der Waals surface area contributed by atoms with Crippen LogP contribution in [-0.2, 0) is 24.8 Å². The topological polar surface area (TPSA) is 163 Å². The molecule has 0 bridgehead atoms. The zero-order chi connectivity index (χ0) is 49.3. The maximum absolute atomic E-state index is 13.7. The highest BCUT2D eigenvalue weighted by Crippen LogP contribution is 2.56. The number of carbonyl (C=O) groups excluding carboxylic acids is 2. The second-order valence-corrected chi connectivity index (χ2v) is 22.3. The van der Waals surface area contributed by atoms with E-state index >= 15 is 0 Å². The average Bonchev–Trinajstić information content (AvgIpc) is 3.96. The fraction of sp³-hybridized carbons (Fsp3) is 0.481. The lowest BCUT2D eigenvalue weighted by Gasteiger charge is -2.63. The summed E-state index contributed by atoms with van der Waals surface area (Å²) in [5, 5.41) is 24.8. The molecule has 1 saturated carbocycles. The Kier molecular flexibility index (Phi) is 12.2. The second kappa shape index (κ2) is 18.1. The molecule has 1 atom stereocenters. The van der Waals surface area contributed by atoms with Crippen LogP contribution in [0.25, 0.3) is 33.3 Å². The average molecular weight is 964 g/mol. The quantitative estimate of drug-likeness (QED) is 0.140. The van der Waals surface area contributed by atoms with Gasteiger partial charge in [-0.25, -0.2) is 9.97 Å². The number of halogens is 1. The van der Waals surface area contributed by atoms with E-state index < -0.39 is 0 Å². The van der Waals surface area contributed by atoms with Crippen LogP contribution in [0.5, 0.6) is 5.75 Å². The number of aryl methyl sites for hydroxylation is 1. The number of fused-ring (bicyclic) bond motifs is 2. The highest BCUT2D eigenvalue weighted by molar-refractivity contribution is 6.31. The molecule has 0 spiro atoms. The molecular weight excluding hydrogens is 900 g/mol. The number of likely N-dealkylation sites (tertiary alicyclic amines) is 1. The van der Waals surface area contributed by atoms with Crippen LogP contribution >= 0.6 is 11.6 Å². The number of nitrogens with zero attached hydrogens (tertiary/aromatic N) is 11. The van der Waals surface area contributed by atoms with Crippen LogP contribution in [0.3, 0.4) is 0 Å². The summed E-state index contributed by atoms with van der Waals surface area (Å²) in [5.74, 6) is 1.61. The Hall–Kier alpha value is -6.37. The molecule has 6 aromatic rings. The van der Waals surface area contributed by atoms with Gasteiger partial charge in [0, 0.05) is 142 Å². The lowest BCUT2D eigenvalue weighted by molar-refractivity contribution is -0.164. The molecule has 15 nitrogen and oxygen atoms in total. The number of anilines is 1. The normalized spacial score (nSPS) is 22.0. The van der Waals surface area contributed by atoms with E-state index in [1.807, 2.05) is 30.5 Å². The summed E-state index contributed by atoms with van der Waals surface area (Å²) in [6, 6.07) is 15.8. The SMILES string of the molecule is CC(=O)N1CCc2c(c(-c3cccc4cc(-c5cnn(C)c5)ncc34)nn2C2CCN(CC3CCN(c4ncc(C(=O)NC5C(C)(C)C(Oc6ccc(C#N)c(Cl)c6)C5(C)C)cn4)CC3(C)C)CC2)C1. The van der Waals surface area contributed by atoms with Gasteiger partial charge in [-0.1, -0.05) is 71.3 Å². The van der Waals surface area contributed by atoms with Crippen molar-refractivity contribution in [3.63, 3.8) is 0 Å². The molecule has 0 radical (unpaired) electrons. The molecule has 3 aliphatic heterocycles. The minimum absolute atomic E-state index is 0.0161. The standard InChI is InChI=1S/C54H63ClN12O3/c1-33(68)65-21-17-46-43(31-65)47(41-11-9-10-34-22-45(57-28-42(34)41)37-27-60-63(8)29-37)62-67(46)39-15-18-64(19-16-39)30-38-14-20-66(32-52(38,2)3)51-58-25-36(26-59-51)48(69)61-49-53(4,5)50(54(49,6)7)70-40-13-12-35(24-56)44(55)23-40/h9-13,22-23,25-29,38-39,49-50H,14-21,30-32H2,1-8H3,(H,61,69). The number of aromatic nitrogens is 7. The number of rotatable bonds is 10. The van der Waals surface area contributed by atoms with Gasteiger partial charge in [0.15, 0.2) is 0 Å². The molecule has 2 saturated heterocycles. The van der Waals surface area contributed by atoms with Crippen LogP contribution in [0, 0.1) is 33.5 Å². The molecule has 4 aliphatic rings. The lowest BCUT2D eigenvalue weighted by atomic mass is 9.49. The Labute approximate surface area is 415 Å². The summed E-state index contributed by atoms with van der Waals surface area (Å²) in [5.41, 5.74) is 6.32. The Balaban J connectivity index is 0.761. The fourth-order valence-corrected chi connectivity index (χ4v) is 12.5. The molecule has 1 N–H and O–H groups in total. The van der Waals surface area contributed by atoms with Crippen molar-refractivity contribution in [3.8, 4) is 34.3 Å². The van der Waals surface area contributed by atoms with Crippen molar-refractivity contribution in [3.05, 3.63) is 101 Å². The number of piperidine rings is 2. The Morgan fingerprint density at radius 3 is 2.36 bits per heavy atom. The highest BCUT2D eigenvalue weighted by Gasteiger charge is 2.64. The third-order valence-electron chi connectivity index (χ3n) is 16.0. The van der Waals surface area contributed by atoms with E-state index in [9.17, 15) is 14.9 Å². The molecule has 3 fully saturated rings. The van der Waals surface area contributed by atoms with E-state index in [4.69, 9.17) is 36.4 Å². The first-order chi connectivity index (χ1) is 33.4. The predicted molar refractivity (Wildman–Crippen MR) is 270 cm³/mol. The van der Waals surface area contributed by atoms with Crippen molar-refractivity contribution < 1.29 is 14.3 Å². The van der Waals surface area contributed by atoms with Crippen LogP contribution in [0.2, 0.25) is 5.02 Å². The maximum atomic E-state index is 13.7. The summed E-state index contributed by atoms with van der Waals surface area (Å²) >= 11 is 6.29. The lowest BCUT2D eigenvalue weighted by Crippen LogP contribution is -2.74. The fourth-order valence-electron chi connectivity index (χ4n) is 12.3. The monoisotopic (exact) mass is 962 g/mol. The molecule has 16 heteroatoms. The maximum Gasteiger partial charge on any atom is 0.254 e. The van der Waals surface area contributed by atoms with Gasteiger partial charge in [-0.05, 0) is 54.2 Å². The second-order valence-electron chi connectivity index (χ2n) is 21.9. The van der Waals surface area contributed by atoms with Crippen molar-refractivity contribution in [2.24, 2.45) is 29.2 Å². The van der Waals surface area contributed by atoms with Gasteiger partial charge in [0.25, 0.3) is 5.91 Å². The summed E-state index contributed by atoms with van der Waals surface area (Å²) in [6.07, 6.45) is 12.7. The van der Waals surface area contributed by atoms with Gasteiger partial charge >= 0.3 is 0 Å². The van der Waals surface area contributed by atoms with Crippen molar-refractivity contribution >= 4 is 40.1 Å². The first-order valence-corrected chi connectivity index (χ1v) is 25.0. The van der Waals surface area contributed by atoms with E-state index in [0.29, 0.717) is 46.9 Å². The molecule has 1 unspecified atom stereocenters. The molecule has 364 valence electrons. The van der Waals surface area contributed by atoms with Gasteiger partial charge < -0.3 is 24.8 Å². The van der Waals surface area contributed by atoms with Crippen LogP contribution in [0.15, 0.2) is 73.4 Å². The zero-order valence-electron chi connectivity index (χ0n) is 41.5. The number of nitriles is 1. The van der Waals surface area contributed by atoms with Crippen molar-refractivity contribution in [2.45, 2.75) is 98.9 Å². The molecule has 2 amide bonds. The van der Waals surface area contributed by atoms with E-state index in [1.54, 1.807) is 42.2 Å². The molecule has 4 aromatic heterocycles.